The summed E-state index contributed by atoms with van der Waals surface area (Å²) in [6.45, 7) is 2.64. The summed E-state index contributed by atoms with van der Waals surface area (Å²) < 4.78 is 4.91. The van der Waals surface area contributed by atoms with Crippen LogP contribution in [0.25, 0.3) is 0 Å². The molecule has 1 atom stereocenters. The van der Waals surface area contributed by atoms with Crippen LogP contribution in [0.4, 0.5) is 0 Å². The van der Waals surface area contributed by atoms with Crippen molar-refractivity contribution in [2.24, 2.45) is 0 Å². The zero-order valence-electron chi connectivity index (χ0n) is 8.32. The van der Waals surface area contributed by atoms with Gasteiger partial charge in [0.15, 0.2) is 0 Å². The summed E-state index contributed by atoms with van der Waals surface area (Å²) in [5, 5.41) is 0. The number of hydrogen-bond acceptors (Lipinski definition) is 2. The predicted octanol–water partition coefficient (Wildman–Crippen LogP) is 2.42. The molecular formula is C12H14O2. The minimum atomic E-state index is -0.0678. The molecule has 2 nitrogen and oxygen atoms in total. The largest absolute Gasteiger partial charge is 0.466 e. The van der Waals surface area contributed by atoms with Crippen molar-refractivity contribution in [1.29, 1.82) is 0 Å². The van der Waals surface area contributed by atoms with Crippen molar-refractivity contribution in [3.05, 3.63) is 35.4 Å². The van der Waals surface area contributed by atoms with Crippen molar-refractivity contribution in [3.63, 3.8) is 0 Å². The zero-order chi connectivity index (χ0) is 9.97. The number of cyclic esters (lactones) is 1. The highest BCUT2D eigenvalue weighted by Gasteiger charge is 2.21. The molecule has 14 heavy (non-hydrogen) atoms. The number of carbonyl (C=O) groups is 1. The maximum absolute atomic E-state index is 11.1. The highest BCUT2D eigenvalue weighted by molar-refractivity contribution is 5.71. The van der Waals surface area contributed by atoms with Crippen LogP contribution >= 0.6 is 0 Å². The highest BCUT2D eigenvalue weighted by Crippen LogP contribution is 2.27. The summed E-state index contributed by atoms with van der Waals surface area (Å²) in [6, 6.07) is 8.40. The molecule has 0 aliphatic carbocycles. The maximum atomic E-state index is 11.1. The van der Waals surface area contributed by atoms with E-state index in [-0.39, 0.29) is 5.97 Å². The third-order valence-electron chi connectivity index (χ3n) is 2.69. The monoisotopic (exact) mass is 190 g/mol. The first-order valence-corrected chi connectivity index (χ1v) is 4.98. The van der Waals surface area contributed by atoms with Gasteiger partial charge in [-0.2, -0.15) is 0 Å². The van der Waals surface area contributed by atoms with E-state index in [0.29, 0.717) is 18.9 Å². The summed E-state index contributed by atoms with van der Waals surface area (Å²) >= 11 is 0. The number of rotatable bonds is 1. The van der Waals surface area contributed by atoms with E-state index in [1.165, 1.54) is 11.1 Å². The quantitative estimate of drug-likeness (QED) is 0.636. The molecule has 1 fully saturated rings. The molecule has 1 saturated heterocycles. The molecule has 2 heteroatoms. The molecular weight excluding hydrogens is 176 g/mol. The van der Waals surface area contributed by atoms with Crippen molar-refractivity contribution >= 4 is 5.97 Å². The molecule has 0 spiro atoms. The Morgan fingerprint density at radius 3 is 2.64 bits per heavy atom. The first-order chi connectivity index (χ1) is 6.75. The molecule has 0 radical (unpaired) electrons. The number of benzene rings is 1. The number of hydrogen-bond donors (Lipinski definition) is 0. The van der Waals surface area contributed by atoms with E-state index in [1.54, 1.807) is 0 Å². The van der Waals surface area contributed by atoms with Gasteiger partial charge in [-0.3, -0.25) is 4.79 Å². The van der Waals surface area contributed by atoms with Gasteiger partial charge in [0.1, 0.15) is 0 Å². The minimum Gasteiger partial charge on any atom is -0.466 e. The lowest BCUT2D eigenvalue weighted by Gasteiger charge is -2.21. The maximum Gasteiger partial charge on any atom is 0.306 e. The van der Waals surface area contributed by atoms with Crippen LogP contribution in [0.2, 0.25) is 0 Å². The fourth-order valence-corrected chi connectivity index (χ4v) is 1.80. The van der Waals surface area contributed by atoms with Gasteiger partial charge < -0.3 is 4.74 Å². The summed E-state index contributed by atoms with van der Waals surface area (Å²) in [5.74, 6) is 0.290. The van der Waals surface area contributed by atoms with Crippen molar-refractivity contribution in [2.45, 2.75) is 25.7 Å². The molecule has 0 N–H and O–H groups in total. The standard InChI is InChI=1S/C12H14O2/c1-9-2-4-10(5-3-9)11-6-7-14-12(13)8-11/h2-5,11H,6-8H2,1H3. The number of aryl methyl sites for hydroxylation is 1. The third-order valence-corrected chi connectivity index (χ3v) is 2.69. The SMILES string of the molecule is Cc1ccc(C2CCOC(=O)C2)cc1. The van der Waals surface area contributed by atoms with Gasteiger partial charge in [0.25, 0.3) is 0 Å². The van der Waals surface area contributed by atoms with E-state index < -0.39 is 0 Å². The normalized spacial score (nSPS) is 21.8. The van der Waals surface area contributed by atoms with E-state index >= 15 is 0 Å². The molecule has 0 saturated carbocycles. The van der Waals surface area contributed by atoms with Crippen LogP contribution in [-0.2, 0) is 9.53 Å². The highest BCUT2D eigenvalue weighted by atomic mass is 16.5. The van der Waals surface area contributed by atoms with Gasteiger partial charge in [-0.15, -0.1) is 0 Å². The Morgan fingerprint density at radius 1 is 1.29 bits per heavy atom. The van der Waals surface area contributed by atoms with Crippen LogP contribution in [0.5, 0.6) is 0 Å². The number of esters is 1. The van der Waals surface area contributed by atoms with Gasteiger partial charge >= 0.3 is 5.97 Å². The van der Waals surface area contributed by atoms with Crippen LogP contribution in [0, 0.1) is 6.92 Å². The van der Waals surface area contributed by atoms with Crippen molar-refractivity contribution in [1.82, 2.24) is 0 Å². The van der Waals surface area contributed by atoms with Crippen LogP contribution in [-0.4, -0.2) is 12.6 Å². The van der Waals surface area contributed by atoms with Crippen LogP contribution in [0.3, 0.4) is 0 Å². The number of ether oxygens (including phenoxy) is 1. The molecule has 1 heterocycles. The van der Waals surface area contributed by atoms with Crippen LogP contribution < -0.4 is 0 Å². The molecule has 2 rings (SSSR count). The fourth-order valence-electron chi connectivity index (χ4n) is 1.80. The summed E-state index contributed by atoms with van der Waals surface area (Å²) in [6.07, 6.45) is 1.48. The molecule has 0 aromatic heterocycles. The van der Waals surface area contributed by atoms with Gasteiger partial charge in [-0.25, -0.2) is 0 Å². The Morgan fingerprint density at radius 2 is 2.00 bits per heavy atom. The molecule has 74 valence electrons. The van der Waals surface area contributed by atoms with Crippen LogP contribution in [0.1, 0.15) is 29.9 Å². The van der Waals surface area contributed by atoms with Gasteiger partial charge in [0, 0.05) is 0 Å². The van der Waals surface area contributed by atoms with Crippen molar-refractivity contribution in [3.8, 4) is 0 Å². The molecule has 0 bridgehead atoms. The van der Waals surface area contributed by atoms with Gasteiger partial charge in [-0.1, -0.05) is 29.8 Å². The topological polar surface area (TPSA) is 26.3 Å². The Labute approximate surface area is 83.9 Å². The lowest BCUT2D eigenvalue weighted by Crippen LogP contribution is -2.19. The van der Waals surface area contributed by atoms with Crippen molar-refractivity contribution in [2.75, 3.05) is 6.61 Å². The molecule has 1 aromatic carbocycles. The van der Waals surface area contributed by atoms with E-state index in [1.807, 2.05) is 0 Å². The Kier molecular flexibility index (Phi) is 2.53. The zero-order valence-corrected chi connectivity index (χ0v) is 8.32. The predicted molar refractivity (Wildman–Crippen MR) is 54.1 cm³/mol. The second-order valence-corrected chi connectivity index (χ2v) is 3.82. The van der Waals surface area contributed by atoms with E-state index in [9.17, 15) is 4.79 Å². The molecule has 1 aliphatic heterocycles. The Bertz CT molecular complexity index is 327. The average molecular weight is 190 g/mol. The van der Waals surface area contributed by atoms with Crippen molar-refractivity contribution < 1.29 is 9.53 Å². The smallest absolute Gasteiger partial charge is 0.306 e. The van der Waals surface area contributed by atoms with Gasteiger partial charge in [0.05, 0.1) is 13.0 Å². The fraction of sp³-hybridized carbons (Fsp3) is 0.417. The molecule has 0 amide bonds. The first-order valence-electron chi connectivity index (χ1n) is 4.98. The van der Waals surface area contributed by atoms with Gasteiger partial charge in [0.2, 0.25) is 0 Å². The van der Waals surface area contributed by atoms with Gasteiger partial charge in [-0.05, 0) is 24.8 Å². The second kappa shape index (κ2) is 3.82. The first kappa shape index (κ1) is 9.25. The Hall–Kier alpha value is -1.31. The molecule has 1 aromatic rings. The summed E-state index contributed by atoms with van der Waals surface area (Å²) in [5.41, 5.74) is 2.51. The van der Waals surface area contributed by atoms with E-state index in [0.717, 1.165) is 6.42 Å². The lowest BCUT2D eigenvalue weighted by atomic mass is 9.91. The third kappa shape index (κ3) is 1.95. The van der Waals surface area contributed by atoms with E-state index in [4.69, 9.17) is 4.74 Å². The average Bonchev–Trinajstić information content (AvgIpc) is 2.19. The molecule has 1 unspecified atom stereocenters. The minimum absolute atomic E-state index is 0.0678. The van der Waals surface area contributed by atoms with E-state index in [2.05, 4.69) is 31.2 Å². The molecule has 1 aliphatic rings. The lowest BCUT2D eigenvalue weighted by molar-refractivity contribution is -0.147. The summed E-state index contributed by atoms with van der Waals surface area (Å²) in [4.78, 5) is 11.1. The van der Waals surface area contributed by atoms with Crippen LogP contribution in [0.15, 0.2) is 24.3 Å². The summed E-state index contributed by atoms with van der Waals surface area (Å²) in [7, 11) is 0. The second-order valence-electron chi connectivity index (χ2n) is 3.82. The Balaban J connectivity index is 2.14. The number of carbonyl (C=O) groups excluding carboxylic acids is 1.